The van der Waals surface area contributed by atoms with Crippen molar-refractivity contribution in [3.8, 4) is 0 Å². The summed E-state index contributed by atoms with van der Waals surface area (Å²) in [5.41, 5.74) is 0.311. The summed E-state index contributed by atoms with van der Waals surface area (Å²) in [5.74, 6) is -0.311. The van der Waals surface area contributed by atoms with E-state index in [1.165, 1.54) is 12.1 Å². The number of nitrogens with zero attached hydrogens (tertiary/aromatic N) is 3. The van der Waals surface area contributed by atoms with Gasteiger partial charge < -0.3 is 10.6 Å². The Morgan fingerprint density at radius 2 is 1.41 bits per heavy atom. The van der Waals surface area contributed by atoms with Crippen molar-refractivity contribution in [2.75, 3.05) is 10.6 Å². The van der Waals surface area contributed by atoms with E-state index >= 15 is 0 Å². The zero-order valence-corrected chi connectivity index (χ0v) is 17.5. The Labute approximate surface area is 192 Å². The normalized spacial score (nSPS) is 11.3. The monoisotopic (exact) mass is 465 g/mol. The van der Waals surface area contributed by atoms with Gasteiger partial charge in [-0.1, -0.05) is 66.7 Å². The molecular weight excluding hydrogens is 447 g/mol. The first-order valence-corrected chi connectivity index (χ1v) is 10.1. The van der Waals surface area contributed by atoms with Gasteiger partial charge in [-0.25, -0.2) is 9.97 Å². The molecule has 0 atom stereocenters. The molecule has 0 amide bonds. The fourth-order valence-electron chi connectivity index (χ4n) is 3.45. The average molecular weight is 465 g/mol. The molecule has 0 spiro atoms. The number of nitrogens with one attached hydrogen (secondary N) is 2. The van der Waals surface area contributed by atoms with Gasteiger partial charge in [0.1, 0.15) is 6.33 Å². The van der Waals surface area contributed by atoms with Crippen molar-refractivity contribution in [3.05, 3.63) is 118 Å². The molecule has 0 unspecified atom stereocenters. The number of benzene rings is 3. The highest BCUT2D eigenvalue weighted by Gasteiger charge is 2.31. The minimum absolute atomic E-state index is 0.00486. The fraction of sp³-hybridized carbons (Fsp3) is 0.0833. The summed E-state index contributed by atoms with van der Waals surface area (Å²) in [6.45, 7) is 0. The molecule has 1 heterocycles. The van der Waals surface area contributed by atoms with Crippen LogP contribution in [0.15, 0.2) is 91.3 Å². The maximum absolute atomic E-state index is 13.1. The lowest BCUT2D eigenvalue weighted by Gasteiger charge is -2.20. The zero-order chi connectivity index (χ0) is 24.1. The van der Waals surface area contributed by atoms with Crippen LogP contribution in [0.1, 0.15) is 22.7 Å². The Kier molecular flexibility index (Phi) is 6.39. The van der Waals surface area contributed by atoms with Gasteiger partial charge in [0.05, 0.1) is 16.5 Å². The van der Waals surface area contributed by atoms with Gasteiger partial charge in [0, 0.05) is 5.69 Å². The molecule has 10 heteroatoms. The largest absolute Gasteiger partial charge is 0.416 e. The topological polar surface area (TPSA) is 93.0 Å². The van der Waals surface area contributed by atoms with Crippen LogP contribution in [0.3, 0.4) is 0 Å². The first-order valence-electron chi connectivity index (χ1n) is 10.1. The molecule has 4 rings (SSSR count). The highest BCUT2D eigenvalue weighted by atomic mass is 19.4. The minimum Gasteiger partial charge on any atom is -0.353 e. The first kappa shape index (κ1) is 22.7. The minimum atomic E-state index is -4.55. The molecule has 2 N–H and O–H groups in total. The molecule has 0 aliphatic carbocycles. The maximum Gasteiger partial charge on any atom is 0.416 e. The molecule has 0 aliphatic heterocycles. The Hall–Kier alpha value is -4.47. The van der Waals surface area contributed by atoms with E-state index in [1.54, 1.807) is 0 Å². The van der Waals surface area contributed by atoms with Crippen LogP contribution in [0.2, 0.25) is 0 Å². The van der Waals surface area contributed by atoms with Gasteiger partial charge >= 0.3 is 11.9 Å². The number of nitro groups is 1. The van der Waals surface area contributed by atoms with E-state index in [2.05, 4.69) is 20.6 Å². The van der Waals surface area contributed by atoms with Crippen molar-refractivity contribution >= 4 is 23.0 Å². The number of halogens is 3. The number of anilines is 3. The Morgan fingerprint density at radius 1 is 0.824 bits per heavy atom. The molecule has 172 valence electrons. The number of rotatable bonds is 7. The zero-order valence-electron chi connectivity index (χ0n) is 17.5. The molecule has 7 nitrogen and oxygen atoms in total. The molecule has 3 aromatic carbocycles. The fourth-order valence-corrected chi connectivity index (χ4v) is 3.45. The Morgan fingerprint density at radius 3 is 1.97 bits per heavy atom. The number of hydrogen-bond donors (Lipinski definition) is 2. The molecule has 34 heavy (non-hydrogen) atoms. The molecule has 0 fully saturated rings. The van der Waals surface area contributed by atoms with E-state index in [1.807, 2.05) is 60.7 Å². The van der Waals surface area contributed by atoms with Crippen molar-refractivity contribution in [2.24, 2.45) is 0 Å². The molecule has 0 radical (unpaired) electrons. The van der Waals surface area contributed by atoms with Crippen molar-refractivity contribution in [1.29, 1.82) is 0 Å². The molecular formula is C24H18F3N5O2. The third-order valence-electron chi connectivity index (χ3n) is 5.00. The number of aromatic nitrogens is 2. The second kappa shape index (κ2) is 9.57. The first-order chi connectivity index (χ1) is 16.3. The van der Waals surface area contributed by atoms with Crippen molar-refractivity contribution in [2.45, 2.75) is 12.2 Å². The van der Waals surface area contributed by atoms with Crippen LogP contribution < -0.4 is 10.6 Å². The Bertz CT molecular complexity index is 1250. The van der Waals surface area contributed by atoms with Crippen LogP contribution in [0.5, 0.6) is 0 Å². The second-order valence-corrected chi connectivity index (χ2v) is 7.28. The van der Waals surface area contributed by atoms with Crippen LogP contribution in [0, 0.1) is 10.1 Å². The Balaban J connectivity index is 1.73. The predicted molar refractivity (Wildman–Crippen MR) is 122 cm³/mol. The van der Waals surface area contributed by atoms with Gasteiger partial charge in [0.2, 0.25) is 11.6 Å². The van der Waals surface area contributed by atoms with Crippen LogP contribution in [0.4, 0.5) is 36.2 Å². The second-order valence-electron chi connectivity index (χ2n) is 7.28. The summed E-state index contributed by atoms with van der Waals surface area (Å²) in [4.78, 5) is 19.3. The number of alkyl halides is 3. The highest BCUT2D eigenvalue weighted by molar-refractivity contribution is 5.74. The van der Waals surface area contributed by atoms with Crippen LogP contribution in [-0.2, 0) is 6.18 Å². The van der Waals surface area contributed by atoms with E-state index in [9.17, 15) is 23.3 Å². The van der Waals surface area contributed by atoms with Gasteiger partial charge in [-0.2, -0.15) is 13.2 Å². The van der Waals surface area contributed by atoms with E-state index in [4.69, 9.17) is 0 Å². The van der Waals surface area contributed by atoms with Gasteiger partial charge in [-0.15, -0.1) is 0 Å². The van der Waals surface area contributed by atoms with Crippen LogP contribution in [-0.4, -0.2) is 14.9 Å². The molecule has 0 aliphatic rings. The predicted octanol–water partition coefficient (Wildman–Crippen LogP) is 6.35. The summed E-state index contributed by atoms with van der Waals surface area (Å²) in [6.07, 6.45) is -3.45. The number of hydrogen-bond acceptors (Lipinski definition) is 6. The van der Waals surface area contributed by atoms with Crippen LogP contribution in [0.25, 0.3) is 0 Å². The molecule has 0 saturated heterocycles. The van der Waals surface area contributed by atoms with E-state index in [0.717, 1.165) is 29.6 Å². The van der Waals surface area contributed by atoms with Crippen LogP contribution >= 0.6 is 0 Å². The van der Waals surface area contributed by atoms with Gasteiger partial charge in [0.25, 0.3) is 0 Å². The van der Waals surface area contributed by atoms with E-state index < -0.39 is 28.4 Å². The summed E-state index contributed by atoms with van der Waals surface area (Å²) < 4.78 is 39.2. The smallest absolute Gasteiger partial charge is 0.353 e. The van der Waals surface area contributed by atoms with E-state index in [-0.39, 0.29) is 17.3 Å². The van der Waals surface area contributed by atoms with Crippen molar-refractivity contribution in [1.82, 2.24) is 9.97 Å². The molecule has 1 aromatic heterocycles. The lowest BCUT2D eigenvalue weighted by atomic mass is 9.99. The lowest BCUT2D eigenvalue weighted by molar-refractivity contribution is -0.383. The van der Waals surface area contributed by atoms with Crippen molar-refractivity contribution < 1.29 is 18.1 Å². The lowest BCUT2D eigenvalue weighted by Crippen LogP contribution is -2.15. The van der Waals surface area contributed by atoms with Gasteiger partial charge in [-0.3, -0.25) is 10.1 Å². The van der Waals surface area contributed by atoms with Gasteiger partial charge in [0.15, 0.2) is 0 Å². The summed E-state index contributed by atoms with van der Waals surface area (Å²) in [7, 11) is 0. The third kappa shape index (κ3) is 5.12. The third-order valence-corrected chi connectivity index (χ3v) is 5.00. The summed E-state index contributed by atoms with van der Waals surface area (Å²) in [5, 5.41) is 17.7. The average Bonchev–Trinajstić information content (AvgIpc) is 2.83. The molecule has 0 bridgehead atoms. The summed E-state index contributed by atoms with van der Waals surface area (Å²) in [6, 6.07) is 22.5. The van der Waals surface area contributed by atoms with E-state index in [0.29, 0.717) is 0 Å². The maximum atomic E-state index is 13.1. The molecule has 4 aromatic rings. The SMILES string of the molecule is O=[N+]([O-])c1c(Nc2cccc(C(F)(F)F)c2)ncnc1NC(c1ccccc1)c1ccccc1. The highest BCUT2D eigenvalue weighted by Crippen LogP contribution is 2.36. The summed E-state index contributed by atoms with van der Waals surface area (Å²) >= 11 is 0. The van der Waals surface area contributed by atoms with Gasteiger partial charge in [-0.05, 0) is 29.3 Å². The van der Waals surface area contributed by atoms with Crippen molar-refractivity contribution in [3.63, 3.8) is 0 Å². The standard InChI is InChI=1S/C24H18F3N5O2/c25-24(26,27)18-12-7-13-19(14-18)30-22-21(32(33)34)23(29-15-28-22)31-20(16-8-3-1-4-9-16)17-10-5-2-6-11-17/h1-15,20H,(H2,28,29,30,31). The quantitative estimate of drug-likeness (QED) is 0.244. The molecule has 0 saturated carbocycles.